The van der Waals surface area contributed by atoms with Crippen molar-refractivity contribution in [2.75, 3.05) is 0 Å². The Morgan fingerprint density at radius 2 is 1.79 bits per heavy atom. The molecule has 144 valence electrons. The zero-order valence-corrected chi connectivity index (χ0v) is 16.0. The first-order chi connectivity index (χ1) is 13.4. The van der Waals surface area contributed by atoms with E-state index < -0.39 is 10.9 Å². The van der Waals surface area contributed by atoms with E-state index >= 15 is 0 Å². The summed E-state index contributed by atoms with van der Waals surface area (Å²) in [5.41, 5.74) is 3.19. The van der Waals surface area contributed by atoms with Crippen molar-refractivity contribution in [1.82, 2.24) is 9.78 Å². The van der Waals surface area contributed by atoms with E-state index in [1.54, 1.807) is 42.8 Å². The molecule has 0 amide bonds. The Labute approximate surface area is 162 Å². The van der Waals surface area contributed by atoms with E-state index in [0.717, 1.165) is 11.1 Å². The molecule has 0 aliphatic heterocycles. The molecule has 0 unspecified atom stereocenters. The third-order valence-corrected chi connectivity index (χ3v) is 4.60. The van der Waals surface area contributed by atoms with Crippen molar-refractivity contribution in [1.29, 1.82) is 0 Å². The number of esters is 1. The number of nitro groups is 1. The summed E-state index contributed by atoms with van der Waals surface area (Å²) in [6.45, 7) is 5.51. The van der Waals surface area contributed by atoms with E-state index in [4.69, 9.17) is 4.74 Å². The fraction of sp³-hybridized carbons (Fsp3) is 0.238. The molecule has 0 aliphatic carbocycles. The molecule has 0 bridgehead atoms. The third-order valence-electron chi connectivity index (χ3n) is 4.60. The van der Waals surface area contributed by atoms with Gasteiger partial charge in [-0.25, -0.2) is 4.79 Å². The van der Waals surface area contributed by atoms with Crippen molar-refractivity contribution in [3.63, 3.8) is 0 Å². The van der Waals surface area contributed by atoms with Crippen molar-refractivity contribution < 1.29 is 14.5 Å². The normalized spacial score (nSPS) is 11.8. The fourth-order valence-electron chi connectivity index (χ4n) is 3.05. The maximum Gasteiger partial charge on any atom is 0.338 e. The number of aromatic nitrogens is 2. The number of hydrogen-bond donors (Lipinski definition) is 0. The highest BCUT2D eigenvalue weighted by Crippen LogP contribution is 2.23. The SMILES string of the molecule is Cc1nn(Cc2ccc(C(=O)O[C@@H](C)c3ccccc3)cc2)c(C)c1[N+](=O)[O-]. The van der Waals surface area contributed by atoms with Crippen LogP contribution in [0.4, 0.5) is 5.69 Å². The summed E-state index contributed by atoms with van der Waals surface area (Å²) in [7, 11) is 0. The lowest BCUT2D eigenvalue weighted by Crippen LogP contribution is -2.10. The second-order valence-electron chi connectivity index (χ2n) is 6.59. The fourth-order valence-corrected chi connectivity index (χ4v) is 3.05. The van der Waals surface area contributed by atoms with Gasteiger partial charge in [-0.3, -0.25) is 14.8 Å². The van der Waals surface area contributed by atoms with Gasteiger partial charge >= 0.3 is 11.7 Å². The van der Waals surface area contributed by atoms with E-state index in [0.29, 0.717) is 23.5 Å². The molecule has 1 aromatic heterocycles. The Hall–Kier alpha value is -3.48. The van der Waals surface area contributed by atoms with Gasteiger partial charge in [0.25, 0.3) is 0 Å². The van der Waals surface area contributed by atoms with Crippen molar-refractivity contribution in [2.24, 2.45) is 0 Å². The molecule has 1 heterocycles. The van der Waals surface area contributed by atoms with Crippen LogP contribution in [0.25, 0.3) is 0 Å². The number of ether oxygens (including phenoxy) is 1. The highest BCUT2D eigenvalue weighted by Gasteiger charge is 2.21. The highest BCUT2D eigenvalue weighted by molar-refractivity contribution is 5.89. The molecule has 0 fully saturated rings. The summed E-state index contributed by atoms with van der Waals surface area (Å²) in [5.74, 6) is -0.398. The average Bonchev–Trinajstić information content (AvgIpc) is 2.96. The van der Waals surface area contributed by atoms with Crippen LogP contribution in [0.3, 0.4) is 0 Å². The van der Waals surface area contributed by atoms with Gasteiger partial charge in [0.05, 0.1) is 17.0 Å². The van der Waals surface area contributed by atoms with Crippen LogP contribution >= 0.6 is 0 Å². The minimum absolute atomic E-state index is 0.0371. The first-order valence-corrected chi connectivity index (χ1v) is 8.90. The van der Waals surface area contributed by atoms with Gasteiger partial charge in [0.2, 0.25) is 0 Å². The minimum atomic E-state index is -0.416. The Kier molecular flexibility index (Phi) is 5.54. The molecule has 7 heteroatoms. The predicted octanol–water partition coefficient (Wildman–Crippen LogP) is 4.37. The summed E-state index contributed by atoms with van der Waals surface area (Å²) in [4.78, 5) is 23.1. The van der Waals surface area contributed by atoms with Gasteiger partial charge in [-0.1, -0.05) is 42.5 Å². The van der Waals surface area contributed by atoms with E-state index in [9.17, 15) is 14.9 Å². The molecule has 0 aliphatic rings. The van der Waals surface area contributed by atoms with Crippen LogP contribution in [0.1, 0.15) is 45.9 Å². The molecule has 0 saturated carbocycles. The second kappa shape index (κ2) is 8.04. The summed E-state index contributed by atoms with van der Waals surface area (Å²) >= 11 is 0. The Morgan fingerprint density at radius 3 is 2.36 bits per heavy atom. The van der Waals surface area contributed by atoms with Crippen LogP contribution < -0.4 is 0 Å². The molecule has 3 aromatic rings. The maximum atomic E-state index is 12.4. The molecular formula is C21H21N3O4. The van der Waals surface area contributed by atoms with Crippen molar-refractivity contribution in [2.45, 2.75) is 33.4 Å². The van der Waals surface area contributed by atoms with E-state index in [-0.39, 0.29) is 11.8 Å². The number of nitrogens with zero attached hydrogens (tertiary/aromatic N) is 3. The number of benzene rings is 2. The topological polar surface area (TPSA) is 87.3 Å². The van der Waals surface area contributed by atoms with Gasteiger partial charge in [-0.05, 0) is 44.0 Å². The van der Waals surface area contributed by atoms with E-state index in [1.165, 1.54) is 0 Å². The predicted molar refractivity (Wildman–Crippen MR) is 104 cm³/mol. The molecule has 7 nitrogen and oxygen atoms in total. The average molecular weight is 379 g/mol. The first-order valence-electron chi connectivity index (χ1n) is 8.90. The van der Waals surface area contributed by atoms with Gasteiger partial charge < -0.3 is 4.74 Å². The van der Waals surface area contributed by atoms with Crippen LogP contribution in [0.5, 0.6) is 0 Å². The van der Waals surface area contributed by atoms with Gasteiger partial charge in [0.15, 0.2) is 0 Å². The van der Waals surface area contributed by atoms with E-state index in [1.807, 2.05) is 37.3 Å². The van der Waals surface area contributed by atoms with Gasteiger partial charge in [-0.15, -0.1) is 0 Å². The first kappa shape index (κ1) is 19.3. The molecule has 1 atom stereocenters. The summed E-state index contributed by atoms with van der Waals surface area (Å²) in [6, 6.07) is 16.5. The van der Waals surface area contributed by atoms with Gasteiger partial charge in [-0.2, -0.15) is 5.10 Å². The molecule has 0 saturated heterocycles. The number of carbonyl (C=O) groups excluding carboxylic acids is 1. The van der Waals surface area contributed by atoms with Crippen LogP contribution in [0, 0.1) is 24.0 Å². The second-order valence-corrected chi connectivity index (χ2v) is 6.59. The zero-order valence-electron chi connectivity index (χ0n) is 16.0. The maximum absolute atomic E-state index is 12.4. The Morgan fingerprint density at radius 1 is 1.14 bits per heavy atom. The van der Waals surface area contributed by atoms with Crippen LogP contribution in [0.2, 0.25) is 0 Å². The quantitative estimate of drug-likeness (QED) is 0.360. The largest absolute Gasteiger partial charge is 0.454 e. The van der Waals surface area contributed by atoms with Crippen LogP contribution in [-0.4, -0.2) is 20.7 Å². The highest BCUT2D eigenvalue weighted by atomic mass is 16.6. The molecule has 2 aromatic carbocycles. The molecule has 28 heavy (non-hydrogen) atoms. The molecule has 0 spiro atoms. The lowest BCUT2D eigenvalue weighted by molar-refractivity contribution is -0.386. The lowest BCUT2D eigenvalue weighted by Gasteiger charge is -2.13. The summed E-state index contributed by atoms with van der Waals surface area (Å²) in [5, 5.41) is 15.4. The Balaban J connectivity index is 1.69. The lowest BCUT2D eigenvalue weighted by atomic mass is 10.1. The summed E-state index contributed by atoms with van der Waals surface area (Å²) in [6.07, 6.45) is -0.344. The molecule has 0 radical (unpaired) electrons. The molecule has 0 N–H and O–H groups in total. The van der Waals surface area contributed by atoms with Crippen molar-refractivity contribution in [3.05, 3.63) is 92.8 Å². The van der Waals surface area contributed by atoms with Crippen LogP contribution in [-0.2, 0) is 11.3 Å². The zero-order chi connectivity index (χ0) is 20.3. The minimum Gasteiger partial charge on any atom is -0.454 e. The number of carbonyl (C=O) groups is 1. The van der Waals surface area contributed by atoms with Gasteiger partial charge in [0, 0.05) is 0 Å². The number of hydrogen-bond acceptors (Lipinski definition) is 5. The monoisotopic (exact) mass is 379 g/mol. The van der Waals surface area contributed by atoms with Crippen LogP contribution in [0.15, 0.2) is 54.6 Å². The number of rotatable bonds is 6. The standard InChI is InChI=1S/C21H21N3O4/c1-14-20(24(26)27)15(2)23(22-14)13-17-9-11-19(12-10-17)21(25)28-16(3)18-7-5-4-6-8-18/h4-12,16H,13H2,1-3H3/t16-/m0/s1. The molecule has 3 rings (SSSR count). The van der Waals surface area contributed by atoms with E-state index in [2.05, 4.69) is 5.10 Å². The summed E-state index contributed by atoms with van der Waals surface area (Å²) < 4.78 is 7.11. The van der Waals surface area contributed by atoms with Crippen molar-refractivity contribution >= 4 is 11.7 Å². The smallest absolute Gasteiger partial charge is 0.338 e. The Bertz CT molecular complexity index is 994. The van der Waals surface area contributed by atoms with Crippen molar-refractivity contribution in [3.8, 4) is 0 Å². The molecular weight excluding hydrogens is 358 g/mol. The number of aryl methyl sites for hydroxylation is 1. The van der Waals surface area contributed by atoms with Gasteiger partial charge in [0.1, 0.15) is 17.5 Å². The third kappa shape index (κ3) is 4.09.